The Bertz CT molecular complexity index is 973. The summed E-state index contributed by atoms with van der Waals surface area (Å²) in [4.78, 5) is 24.6. The third-order valence-corrected chi connectivity index (χ3v) is 4.64. The summed E-state index contributed by atoms with van der Waals surface area (Å²) in [6.07, 6.45) is 0. The van der Waals surface area contributed by atoms with E-state index in [0.29, 0.717) is 32.6 Å². The van der Waals surface area contributed by atoms with Crippen molar-refractivity contribution in [1.82, 2.24) is 20.4 Å². The molecule has 0 aliphatic heterocycles. The molecule has 0 radical (unpaired) electrons. The lowest BCUT2D eigenvalue weighted by molar-refractivity contribution is 0.443. The van der Waals surface area contributed by atoms with Gasteiger partial charge in [-0.05, 0) is 35.8 Å². The average molecular weight is 395 g/mol. The Morgan fingerprint density at radius 2 is 1.38 bits per heavy atom. The van der Waals surface area contributed by atoms with Crippen LogP contribution in [0.1, 0.15) is 34.0 Å². The largest absolute Gasteiger partial charge is 0.507 e. The van der Waals surface area contributed by atoms with Crippen LogP contribution in [0.3, 0.4) is 0 Å². The number of aromatic amines is 4. The normalized spacial score (nSPS) is 11.3. The van der Waals surface area contributed by atoms with Gasteiger partial charge < -0.3 is 20.4 Å². The highest BCUT2D eigenvalue weighted by Crippen LogP contribution is 2.40. The van der Waals surface area contributed by atoms with E-state index in [2.05, 4.69) is 36.3 Å². The van der Waals surface area contributed by atoms with E-state index in [1.807, 2.05) is 0 Å². The van der Waals surface area contributed by atoms with Crippen molar-refractivity contribution in [3.05, 3.63) is 65.4 Å². The van der Waals surface area contributed by atoms with Gasteiger partial charge in [0.05, 0.1) is 21.5 Å². The molecule has 0 unspecified atom stereocenters. The Kier molecular flexibility index (Phi) is 3.88. The zero-order valence-corrected chi connectivity index (χ0v) is 14.4. The van der Waals surface area contributed by atoms with E-state index >= 15 is 0 Å². The molecule has 2 heterocycles. The summed E-state index contributed by atoms with van der Waals surface area (Å²) in [5.74, 6) is -1.18. The van der Waals surface area contributed by atoms with Crippen molar-refractivity contribution >= 4 is 15.9 Å². The molecule has 0 aliphatic rings. The fourth-order valence-corrected chi connectivity index (χ4v) is 3.22. The predicted octanol–water partition coefficient (Wildman–Crippen LogP) is 1.69. The van der Waals surface area contributed by atoms with Gasteiger partial charge in [0.15, 0.2) is 0 Å². The number of hydrogen-bond acceptors (Lipinski definition) is 4. The van der Waals surface area contributed by atoms with Crippen LogP contribution in [0.15, 0.2) is 26.2 Å². The highest BCUT2D eigenvalue weighted by Gasteiger charge is 2.30. The summed E-state index contributed by atoms with van der Waals surface area (Å²) in [7, 11) is 0. The minimum Gasteiger partial charge on any atom is -0.507 e. The molecular weight excluding hydrogens is 380 g/mol. The van der Waals surface area contributed by atoms with E-state index in [1.54, 1.807) is 13.8 Å². The summed E-state index contributed by atoms with van der Waals surface area (Å²) in [6, 6.07) is 2.66. The fraction of sp³-hybridized carbons (Fsp3) is 0.200. The van der Waals surface area contributed by atoms with Gasteiger partial charge in [-0.15, -0.1) is 0 Å². The number of phenolic OH excluding ortho intramolecular Hbond substituents is 2. The second kappa shape index (κ2) is 5.75. The van der Waals surface area contributed by atoms with Gasteiger partial charge in [0, 0.05) is 23.0 Å². The van der Waals surface area contributed by atoms with Gasteiger partial charge in [0.2, 0.25) is 0 Å². The van der Waals surface area contributed by atoms with E-state index in [9.17, 15) is 19.8 Å². The standard InChI is InChI=1S/C15H15BrN4O4/c1-5-11(14(23)19-17-5)13(12-6(2)18-20-15(12)24)7-3-8(16)10(22)4-9(7)21/h3-4,13,21-22H,1-2H3,(H2,17,19,23)(H2,18,20,24). The quantitative estimate of drug-likeness (QED) is 0.402. The second-order valence-corrected chi connectivity index (χ2v) is 6.39. The number of hydrogen-bond donors (Lipinski definition) is 6. The third-order valence-electron chi connectivity index (χ3n) is 4.01. The molecule has 0 bridgehead atoms. The summed E-state index contributed by atoms with van der Waals surface area (Å²) < 4.78 is 0.342. The summed E-state index contributed by atoms with van der Waals surface area (Å²) in [5.41, 5.74) is 1.28. The third kappa shape index (κ3) is 2.46. The van der Waals surface area contributed by atoms with Crippen LogP contribution in [0.5, 0.6) is 11.5 Å². The van der Waals surface area contributed by atoms with Crippen LogP contribution in [0.4, 0.5) is 0 Å². The number of rotatable bonds is 3. The fourth-order valence-electron chi connectivity index (χ4n) is 2.86. The number of nitrogens with one attached hydrogen (secondary N) is 4. The number of aromatic hydroxyl groups is 2. The molecule has 1 aromatic carbocycles. The van der Waals surface area contributed by atoms with E-state index in [-0.39, 0.29) is 22.6 Å². The van der Waals surface area contributed by atoms with Gasteiger partial charge >= 0.3 is 0 Å². The van der Waals surface area contributed by atoms with Gasteiger partial charge in [-0.25, -0.2) is 0 Å². The molecule has 2 aromatic heterocycles. The van der Waals surface area contributed by atoms with Gasteiger partial charge in [0.1, 0.15) is 11.5 Å². The van der Waals surface area contributed by atoms with E-state index in [0.717, 1.165) is 0 Å². The van der Waals surface area contributed by atoms with E-state index in [1.165, 1.54) is 12.1 Å². The van der Waals surface area contributed by atoms with Gasteiger partial charge in [-0.3, -0.25) is 19.8 Å². The number of aromatic nitrogens is 4. The van der Waals surface area contributed by atoms with Crippen LogP contribution in [0, 0.1) is 13.8 Å². The van der Waals surface area contributed by atoms with Crippen LogP contribution in [-0.4, -0.2) is 30.6 Å². The van der Waals surface area contributed by atoms with Gasteiger partial charge in [-0.1, -0.05) is 0 Å². The molecule has 8 nitrogen and oxygen atoms in total. The molecular formula is C15H15BrN4O4. The molecule has 3 aromatic rings. The van der Waals surface area contributed by atoms with Crippen LogP contribution in [0.2, 0.25) is 0 Å². The molecule has 9 heteroatoms. The van der Waals surface area contributed by atoms with Crippen molar-refractivity contribution in [3.8, 4) is 11.5 Å². The molecule has 126 valence electrons. The Labute approximate surface area is 143 Å². The van der Waals surface area contributed by atoms with E-state index < -0.39 is 5.92 Å². The van der Waals surface area contributed by atoms with Crippen molar-refractivity contribution < 1.29 is 10.2 Å². The summed E-state index contributed by atoms with van der Waals surface area (Å²) >= 11 is 3.20. The van der Waals surface area contributed by atoms with Gasteiger partial charge in [-0.2, -0.15) is 0 Å². The smallest absolute Gasteiger partial charge is 0.268 e. The first-order valence-corrected chi connectivity index (χ1v) is 7.86. The maximum Gasteiger partial charge on any atom is 0.268 e. The minimum absolute atomic E-state index is 0.144. The Morgan fingerprint density at radius 1 is 0.875 bits per heavy atom. The van der Waals surface area contributed by atoms with Crippen LogP contribution in [-0.2, 0) is 0 Å². The van der Waals surface area contributed by atoms with Crippen molar-refractivity contribution in [2.45, 2.75) is 19.8 Å². The maximum atomic E-state index is 12.3. The predicted molar refractivity (Wildman–Crippen MR) is 90.7 cm³/mol. The summed E-state index contributed by atoms with van der Waals surface area (Å²) in [5, 5.41) is 30.5. The van der Waals surface area contributed by atoms with Crippen LogP contribution in [0.25, 0.3) is 0 Å². The Balaban J connectivity index is 2.39. The molecule has 0 amide bonds. The highest BCUT2D eigenvalue weighted by molar-refractivity contribution is 9.10. The van der Waals surface area contributed by atoms with Crippen molar-refractivity contribution in [3.63, 3.8) is 0 Å². The van der Waals surface area contributed by atoms with Crippen molar-refractivity contribution in [1.29, 1.82) is 0 Å². The molecule has 0 fully saturated rings. The van der Waals surface area contributed by atoms with E-state index in [4.69, 9.17) is 0 Å². The molecule has 0 saturated heterocycles. The van der Waals surface area contributed by atoms with Gasteiger partial charge in [0.25, 0.3) is 11.1 Å². The number of phenols is 2. The Hall–Kier alpha value is -2.68. The molecule has 0 aliphatic carbocycles. The molecule has 0 atom stereocenters. The monoisotopic (exact) mass is 394 g/mol. The lowest BCUT2D eigenvalue weighted by Crippen LogP contribution is -2.20. The SMILES string of the molecule is Cc1[nH][nH]c(=O)c1C(c1cc(Br)c(O)cc1O)c1c(C)[nH][nH]c1=O. The number of benzene rings is 1. The van der Waals surface area contributed by atoms with Crippen molar-refractivity contribution in [2.75, 3.05) is 0 Å². The zero-order valence-electron chi connectivity index (χ0n) is 12.8. The first kappa shape index (κ1) is 16.2. The first-order chi connectivity index (χ1) is 11.3. The number of H-pyrrole nitrogens is 4. The minimum atomic E-state index is -0.813. The molecule has 6 N–H and O–H groups in total. The lowest BCUT2D eigenvalue weighted by atomic mass is 9.85. The highest BCUT2D eigenvalue weighted by atomic mass is 79.9. The lowest BCUT2D eigenvalue weighted by Gasteiger charge is -2.18. The topological polar surface area (TPSA) is 138 Å². The molecule has 0 spiro atoms. The number of aryl methyl sites for hydroxylation is 2. The zero-order chi connectivity index (χ0) is 17.6. The number of halogens is 1. The maximum absolute atomic E-state index is 12.3. The Morgan fingerprint density at radius 3 is 1.79 bits per heavy atom. The summed E-state index contributed by atoms with van der Waals surface area (Å²) in [6.45, 7) is 3.39. The molecule has 0 saturated carbocycles. The van der Waals surface area contributed by atoms with Crippen molar-refractivity contribution in [2.24, 2.45) is 0 Å². The average Bonchev–Trinajstić information content (AvgIpc) is 3.02. The van der Waals surface area contributed by atoms with Crippen LogP contribution < -0.4 is 11.1 Å². The molecule has 3 rings (SSSR count). The molecule has 24 heavy (non-hydrogen) atoms. The van der Waals surface area contributed by atoms with Crippen LogP contribution >= 0.6 is 15.9 Å². The first-order valence-electron chi connectivity index (χ1n) is 7.07. The second-order valence-electron chi connectivity index (χ2n) is 5.53.